The Balaban J connectivity index is 1.48. The van der Waals surface area contributed by atoms with Crippen molar-refractivity contribution in [1.82, 2.24) is 20.1 Å². The second-order valence-corrected chi connectivity index (χ2v) is 8.55. The lowest BCUT2D eigenvalue weighted by molar-refractivity contribution is -0.119. The minimum absolute atomic E-state index is 0.0386. The van der Waals surface area contributed by atoms with Crippen LogP contribution in [0.4, 0.5) is 10.1 Å². The van der Waals surface area contributed by atoms with Gasteiger partial charge in [0.15, 0.2) is 5.16 Å². The Kier molecular flexibility index (Phi) is 7.16. The summed E-state index contributed by atoms with van der Waals surface area (Å²) in [7, 11) is 0. The highest BCUT2D eigenvalue weighted by Crippen LogP contribution is 2.23. The number of anilines is 1. The number of carbonyl (C=O) groups excluding carboxylic acids is 2. The summed E-state index contributed by atoms with van der Waals surface area (Å²) in [5.41, 5.74) is 0.895. The quantitative estimate of drug-likeness (QED) is 0.507. The maximum Gasteiger partial charge on any atom is 0.232 e. The van der Waals surface area contributed by atoms with Gasteiger partial charge in [0.1, 0.15) is 11.6 Å². The number of rotatable bonds is 8. The van der Waals surface area contributed by atoms with Crippen molar-refractivity contribution in [2.75, 3.05) is 11.1 Å². The van der Waals surface area contributed by atoms with Gasteiger partial charge in [-0.05, 0) is 37.1 Å². The lowest BCUT2D eigenvalue weighted by atomic mass is 10.2. The molecule has 0 spiro atoms. The summed E-state index contributed by atoms with van der Waals surface area (Å²) < 4.78 is 15.6. The average Bonchev–Trinajstić information content (AvgIpc) is 3.44. The average molecular weight is 454 g/mol. The molecule has 2 amide bonds. The number of aromatic nitrogens is 3. The standard InChI is InChI=1S/C23H24FN5O2S/c24-18-12-6-7-13-19(18)26-21(30)14-20-27-28-23(29(20)17-10-2-1-3-11-17)32-15-22(31)25-16-8-4-5-9-16/h1-3,6-7,10-13,16H,4-5,8-9,14-15H2,(H,25,31)(H,26,30). The summed E-state index contributed by atoms with van der Waals surface area (Å²) in [6.07, 6.45) is 4.26. The van der Waals surface area contributed by atoms with Crippen LogP contribution in [0.5, 0.6) is 0 Å². The number of nitrogens with zero attached hydrogens (tertiary/aromatic N) is 3. The summed E-state index contributed by atoms with van der Waals surface area (Å²) in [4.78, 5) is 24.9. The smallest absolute Gasteiger partial charge is 0.232 e. The maximum absolute atomic E-state index is 13.9. The molecular weight excluding hydrogens is 429 g/mol. The summed E-state index contributed by atoms with van der Waals surface area (Å²) in [5.74, 6) is -0.333. The van der Waals surface area contributed by atoms with E-state index in [4.69, 9.17) is 0 Å². The number of para-hydroxylation sites is 2. The van der Waals surface area contributed by atoms with Crippen LogP contribution in [0, 0.1) is 5.82 Å². The zero-order chi connectivity index (χ0) is 22.3. The van der Waals surface area contributed by atoms with E-state index in [2.05, 4.69) is 20.8 Å². The molecule has 2 aromatic carbocycles. The Morgan fingerprint density at radius 3 is 2.47 bits per heavy atom. The molecule has 1 aliphatic carbocycles. The molecule has 1 aromatic heterocycles. The molecule has 0 atom stereocenters. The van der Waals surface area contributed by atoms with Crippen molar-refractivity contribution in [3.05, 3.63) is 66.2 Å². The van der Waals surface area contributed by atoms with E-state index in [0.717, 1.165) is 31.4 Å². The zero-order valence-electron chi connectivity index (χ0n) is 17.5. The van der Waals surface area contributed by atoms with Crippen LogP contribution in [0.1, 0.15) is 31.5 Å². The predicted molar refractivity (Wildman–Crippen MR) is 121 cm³/mol. The molecule has 7 nitrogen and oxygen atoms in total. The molecule has 0 radical (unpaired) electrons. The molecule has 2 N–H and O–H groups in total. The van der Waals surface area contributed by atoms with Crippen molar-refractivity contribution < 1.29 is 14.0 Å². The molecule has 1 aliphatic rings. The molecule has 166 valence electrons. The first-order valence-electron chi connectivity index (χ1n) is 10.6. The molecule has 3 aromatic rings. The SMILES string of the molecule is O=C(Cc1nnc(SCC(=O)NC2CCCC2)n1-c1ccccc1)Nc1ccccc1F. The Morgan fingerprint density at radius 1 is 1.00 bits per heavy atom. The molecule has 1 heterocycles. The summed E-state index contributed by atoms with van der Waals surface area (Å²) in [6, 6.07) is 15.6. The van der Waals surface area contributed by atoms with Crippen LogP contribution in [0.3, 0.4) is 0 Å². The molecule has 0 unspecified atom stereocenters. The molecule has 0 saturated heterocycles. The Hall–Kier alpha value is -3.20. The van der Waals surface area contributed by atoms with Gasteiger partial charge >= 0.3 is 0 Å². The number of nitrogens with one attached hydrogen (secondary N) is 2. The van der Waals surface area contributed by atoms with E-state index < -0.39 is 11.7 Å². The topological polar surface area (TPSA) is 88.9 Å². The molecule has 9 heteroatoms. The summed E-state index contributed by atoms with van der Waals surface area (Å²) in [5, 5.41) is 14.6. The fourth-order valence-electron chi connectivity index (χ4n) is 3.71. The van der Waals surface area contributed by atoms with Crippen molar-refractivity contribution in [3.63, 3.8) is 0 Å². The largest absolute Gasteiger partial charge is 0.353 e. The van der Waals surface area contributed by atoms with Crippen molar-refractivity contribution in [2.24, 2.45) is 0 Å². The lowest BCUT2D eigenvalue weighted by Gasteiger charge is -2.12. The molecule has 0 bridgehead atoms. The third-order valence-corrected chi connectivity index (χ3v) is 6.16. The van der Waals surface area contributed by atoms with Crippen LogP contribution in [-0.4, -0.2) is 38.4 Å². The molecule has 1 fully saturated rings. The normalized spacial score (nSPS) is 13.8. The van der Waals surface area contributed by atoms with Gasteiger partial charge in [-0.2, -0.15) is 0 Å². The van der Waals surface area contributed by atoms with E-state index in [1.54, 1.807) is 16.7 Å². The summed E-state index contributed by atoms with van der Waals surface area (Å²) in [6.45, 7) is 0. The number of benzene rings is 2. The van der Waals surface area contributed by atoms with E-state index in [1.165, 1.54) is 23.9 Å². The number of thioether (sulfide) groups is 1. The van der Waals surface area contributed by atoms with Crippen molar-refractivity contribution in [2.45, 2.75) is 43.3 Å². The highest BCUT2D eigenvalue weighted by atomic mass is 32.2. The molecule has 0 aliphatic heterocycles. The second-order valence-electron chi connectivity index (χ2n) is 7.61. The van der Waals surface area contributed by atoms with Gasteiger partial charge in [-0.3, -0.25) is 14.2 Å². The minimum Gasteiger partial charge on any atom is -0.353 e. The molecule has 32 heavy (non-hydrogen) atoms. The first-order valence-corrected chi connectivity index (χ1v) is 11.5. The second kappa shape index (κ2) is 10.4. The molecule has 4 rings (SSSR count). The van der Waals surface area contributed by atoms with E-state index in [-0.39, 0.29) is 29.8 Å². The third kappa shape index (κ3) is 5.53. The van der Waals surface area contributed by atoms with E-state index in [9.17, 15) is 14.0 Å². The Morgan fingerprint density at radius 2 is 1.72 bits per heavy atom. The fourth-order valence-corrected chi connectivity index (χ4v) is 4.50. The van der Waals surface area contributed by atoms with Crippen LogP contribution in [0.25, 0.3) is 5.69 Å². The van der Waals surface area contributed by atoms with Crippen LogP contribution >= 0.6 is 11.8 Å². The summed E-state index contributed by atoms with van der Waals surface area (Å²) >= 11 is 1.27. The first-order chi connectivity index (χ1) is 15.6. The van der Waals surface area contributed by atoms with E-state index in [0.29, 0.717) is 11.0 Å². The van der Waals surface area contributed by atoms with Crippen LogP contribution in [0.15, 0.2) is 59.8 Å². The highest BCUT2D eigenvalue weighted by molar-refractivity contribution is 7.99. The van der Waals surface area contributed by atoms with Gasteiger partial charge in [0.2, 0.25) is 11.8 Å². The highest BCUT2D eigenvalue weighted by Gasteiger charge is 2.21. The van der Waals surface area contributed by atoms with Gasteiger partial charge < -0.3 is 10.6 Å². The van der Waals surface area contributed by atoms with Gasteiger partial charge in [-0.1, -0.05) is 54.9 Å². The van der Waals surface area contributed by atoms with Gasteiger partial charge in [0.25, 0.3) is 0 Å². The first kappa shape index (κ1) is 22.0. The van der Waals surface area contributed by atoms with Gasteiger partial charge in [0, 0.05) is 11.7 Å². The third-order valence-electron chi connectivity index (χ3n) is 5.23. The van der Waals surface area contributed by atoms with Gasteiger partial charge in [-0.25, -0.2) is 4.39 Å². The molecule has 1 saturated carbocycles. The van der Waals surface area contributed by atoms with Crippen molar-refractivity contribution >= 4 is 29.3 Å². The van der Waals surface area contributed by atoms with Crippen molar-refractivity contribution in [1.29, 1.82) is 0 Å². The molecular formula is C23H24FN5O2S. The Bertz CT molecular complexity index is 1080. The van der Waals surface area contributed by atoms with E-state index >= 15 is 0 Å². The van der Waals surface area contributed by atoms with Crippen LogP contribution in [0.2, 0.25) is 0 Å². The van der Waals surface area contributed by atoms with Crippen LogP contribution in [-0.2, 0) is 16.0 Å². The number of carbonyl (C=O) groups is 2. The zero-order valence-corrected chi connectivity index (χ0v) is 18.3. The number of hydrogen-bond acceptors (Lipinski definition) is 5. The number of halogens is 1. The van der Waals surface area contributed by atoms with Gasteiger partial charge in [0.05, 0.1) is 17.9 Å². The fraction of sp³-hybridized carbons (Fsp3) is 0.304. The maximum atomic E-state index is 13.9. The number of amides is 2. The van der Waals surface area contributed by atoms with Crippen LogP contribution < -0.4 is 10.6 Å². The minimum atomic E-state index is -0.505. The van der Waals surface area contributed by atoms with E-state index in [1.807, 2.05) is 30.3 Å². The van der Waals surface area contributed by atoms with Gasteiger partial charge in [-0.15, -0.1) is 10.2 Å². The lowest BCUT2D eigenvalue weighted by Crippen LogP contribution is -2.33. The number of hydrogen-bond donors (Lipinski definition) is 2. The Labute approximate surface area is 189 Å². The predicted octanol–water partition coefficient (Wildman–Crippen LogP) is 3.74. The monoisotopic (exact) mass is 453 g/mol. The van der Waals surface area contributed by atoms with Crippen molar-refractivity contribution in [3.8, 4) is 5.69 Å².